The van der Waals surface area contributed by atoms with Crippen LogP contribution in [-0.2, 0) is 9.53 Å². The number of hydrogen-bond donors (Lipinski definition) is 0. The van der Waals surface area contributed by atoms with Crippen LogP contribution >= 0.6 is 0 Å². The van der Waals surface area contributed by atoms with Gasteiger partial charge in [-0.3, -0.25) is 4.79 Å². The summed E-state index contributed by atoms with van der Waals surface area (Å²) in [5, 5.41) is 0. The summed E-state index contributed by atoms with van der Waals surface area (Å²) in [4.78, 5) is 11.8. The number of methoxy groups -OCH3 is 1. The smallest absolute Gasteiger partial charge is 0.311 e. The second-order valence-electron chi connectivity index (χ2n) is 6.05. The van der Waals surface area contributed by atoms with E-state index in [1.807, 2.05) is 0 Å². The number of hydrogen-bond acceptors (Lipinski definition) is 2. The van der Waals surface area contributed by atoms with Gasteiger partial charge >= 0.3 is 5.97 Å². The molecule has 2 bridgehead atoms. The lowest BCUT2D eigenvalue weighted by Gasteiger charge is -2.28. The SMILES string of the molecule is COC(=O)C12CCC(CC(C)C)(CC1)C2. The van der Waals surface area contributed by atoms with E-state index in [9.17, 15) is 4.79 Å². The molecule has 2 saturated carbocycles. The van der Waals surface area contributed by atoms with Crippen molar-refractivity contribution in [1.29, 1.82) is 0 Å². The van der Waals surface area contributed by atoms with Crippen molar-refractivity contribution in [1.82, 2.24) is 0 Å². The fraction of sp³-hybridized carbons (Fsp3) is 0.923. The van der Waals surface area contributed by atoms with Crippen molar-refractivity contribution in [2.45, 2.75) is 52.4 Å². The van der Waals surface area contributed by atoms with E-state index in [1.165, 1.54) is 26.4 Å². The summed E-state index contributed by atoms with van der Waals surface area (Å²) in [6.07, 6.45) is 6.97. The molecule has 0 N–H and O–H groups in total. The predicted molar refractivity (Wildman–Crippen MR) is 59.4 cm³/mol. The van der Waals surface area contributed by atoms with Crippen LogP contribution < -0.4 is 0 Å². The van der Waals surface area contributed by atoms with Gasteiger partial charge in [0.05, 0.1) is 12.5 Å². The van der Waals surface area contributed by atoms with Crippen molar-refractivity contribution in [2.75, 3.05) is 7.11 Å². The van der Waals surface area contributed by atoms with Gasteiger partial charge in [-0.05, 0) is 49.9 Å². The number of ether oxygens (including phenoxy) is 1. The van der Waals surface area contributed by atoms with Gasteiger partial charge < -0.3 is 4.74 Å². The lowest BCUT2D eigenvalue weighted by molar-refractivity contribution is -0.152. The van der Waals surface area contributed by atoms with Gasteiger partial charge in [0.25, 0.3) is 0 Å². The van der Waals surface area contributed by atoms with E-state index in [-0.39, 0.29) is 11.4 Å². The van der Waals surface area contributed by atoms with Crippen LogP contribution in [0.1, 0.15) is 52.4 Å². The summed E-state index contributed by atoms with van der Waals surface area (Å²) in [6, 6.07) is 0. The molecule has 2 rings (SSSR count). The molecule has 0 atom stereocenters. The fourth-order valence-electron chi connectivity index (χ4n) is 3.97. The van der Waals surface area contributed by atoms with Crippen LogP contribution in [0.25, 0.3) is 0 Å². The first-order chi connectivity index (χ1) is 7.02. The van der Waals surface area contributed by atoms with Crippen LogP contribution in [0.15, 0.2) is 0 Å². The topological polar surface area (TPSA) is 26.3 Å². The summed E-state index contributed by atoms with van der Waals surface area (Å²) in [5.41, 5.74) is 0.381. The Hall–Kier alpha value is -0.530. The van der Waals surface area contributed by atoms with Crippen LogP contribution in [0, 0.1) is 16.7 Å². The Morgan fingerprint density at radius 2 is 1.87 bits per heavy atom. The highest BCUT2D eigenvalue weighted by atomic mass is 16.5. The highest BCUT2D eigenvalue weighted by Gasteiger charge is 2.58. The fourth-order valence-corrected chi connectivity index (χ4v) is 3.97. The molecule has 15 heavy (non-hydrogen) atoms. The first-order valence-electron chi connectivity index (χ1n) is 6.10. The van der Waals surface area contributed by atoms with Crippen LogP contribution in [0.2, 0.25) is 0 Å². The third kappa shape index (κ3) is 1.68. The van der Waals surface area contributed by atoms with Crippen LogP contribution in [0.3, 0.4) is 0 Å². The van der Waals surface area contributed by atoms with Gasteiger partial charge in [-0.2, -0.15) is 0 Å². The monoisotopic (exact) mass is 210 g/mol. The van der Waals surface area contributed by atoms with E-state index in [4.69, 9.17) is 4.74 Å². The maximum atomic E-state index is 11.8. The van der Waals surface area contributed by atoms with Gasteiger partial charge in [-0.1, -0.05) is 13.8 Å². The molecule has 0 heterocycles. The van der Waals surface area contributed by atoms with E-state index in [2.05, 4.69) is 13.8 Å². The maximum Gasteiger partial charge on any atom is 0.311 e. The molecule has 0 aromatic carbocycles. The molecular weight excluding hydrogens is 188 g/mol. The summed E-state index contributed by atoms with van der Waals surface area (Å²) < 4.78 is 4.97. The zero-order chi connectivity index (χ0) is 11.1. The van der Waals surface area contributed by atoms with Crippen LogP contribution in [0.4, 0.5) is 0 Å². The van der Waals surface area contributed by atoms with Gasteiger partial charge in [-0.25, -0.2) is 0 Å². The highest BCUT2D eigenvalue weighted by molar-refractivity contribution is 5.77. The Morgan fingerprint density at radius 1 is 1.27 bits per heavy atom. The molecule has 2 fully saturated rings. The largest absolute Gasteiger partial charge is 0.469 e. The number of carbonyl (C=O) groups excluding carboxylic acids is 1. The average Bonchev–Trinajstić information content (AvgIpc) is 2.71. The number of rotatable bonds is 3. The zero-order valence-corrected chi connectivity index (χ0v) is 10.1. The molecule has 0 saturated heterocycles. The lowest BCUT2D eigenvalue weighted by Crippen LogP contribution is -2.27. The van der Waals surface area contributed by atoms with E-state index in [1.54, 1.807) is 0 Å². The van der Waals surface area contributed by atoms with Crippen LogP contribution in [0.5, 0.6) is 0 Å². The molecule has 2 aliphatic carbocycles. The Bertz CT molecular complexity index is 260. The summed E-state index contributed by atoms with van der Waals surface area (Å²) >= 11 is 0. The quantitative estimate of drug-likeness (QED) is 0.669. The van der Waals surface area contributed by atoms with Gasteiger partial charge in [0.1, 0.15) is 0 Å². The molecular formula is C13H22O2. The Balaban J connectivity index is 2.10. The summed E-state index contributed by atoms with van der Waals surface area (Å²) in [7, 11) is 1.53. The second-order valence-corrected chi connectivity index (χ2v) is 6.05. The van der Waals surface area contributed by atoms with Crippen molar-refractivity contribution < 1.29 is 9.53 Å². The van der Waals surface area contributed by atoms with E-state index >= 15 is 0 Å². The lowest BCUT2D eigenvalue weighted by atomic mass is 9.77. The van der Waals surface area contributed by atoms with Crippen molar-refractivity contribution in [2.24, 2.45) is 16.7 Å². The van der Waals surface area contributed by atoms with Crippen molar-refractivity contribution in [3.05, 3.63) is 0 Å². The Kier molecular flexibility index (Phi) is 2.56. The Labute approximate surface area is 92.4 Å². The van der Waals surface area contributed by atoms with Crippen LogP contribution in [-0.4, -0.2) is 13.1 Å². The van der Waals surface area contributed by atoms with E-state index in [0.29, 0.717) is 5.41 Å². The normalized spacial score (nSPS) is 38.7. The minimum atomic E-state index is -0.0936. The minimum Gasteiger partial charge on any atom is -0.469 e. The molecule has 2 aliphatic rings. The number of esters is 1. The molecule has 0 aromatic heterocycles. The molecule has 0 spiro atoms. The zero-order valence-electron chi connectivity index (χ0n) is 10.1. The first kappa shape index (κ1) is 11.0. The number of carbonyl (C=O) groups is 1. The van der Waals surface area contributed by atoms with Gasteiger partial charge in [-0.15, -0.1) is 0 Å². The molecule has 2 nitrogen and oxygen atoms in total. The maximum absolute atomic E-state index is 11.8. The third-order valence-corrected chi connectivity index (χ3v) is 4.44. The van der Waals surface area contributed by atoms with Gasteiger partial charge in [0, 0.05) is 0 Å². The van der Waals surface area contributed by atoms with Gasteiger partial charge in [0.2, 0.25) is 0 Å². The van der Waals surface area contributed by atoms with Crippen molar-refractivity contribution in [3.63, 3.8) is 0 Å². The Morgan fingerprint density at radius 3 is 2.33 bits per heavy atom. The van der Waals surface area contributed by atoms with E-state index in [0.717, 1.165) is 25.2 Å². The summed E-state index contributed by atoms with van der Waals surface area (Å²) in [6.45, 7) is 4.57. The molecule has 86 valence electrons. The van der Waals surface area contributed by atoms with E-state index < -0.39 is 0 Å². The second kappa shape index (κ2) is 3.50. The first-order valence-corrected chi connectivity index (χ1v) is 6.10. The third-order valence-electron chi connectivity index (χ3n) is 4.44. The molecule has 0 aliphatic heterocycles. The summed E-state index contributed by atoms with van der Waals surface area (Å²) in [5.74, 6) is 0.794. The minimum absolute atomic E-state index is 0.0469. The highest BCUT2D eigenvalue weighted by Crippen LogP contribution is 2.64. The predicted octanol–water partition coefficient (Wildman–Crippen LogP) is 3.16. The van der Waals surface area contributed by atoms with Crippen molar-refractivity contribution >= 4 is 5.97 Å². The molecule has 0 aromatic rings. The molecule has 0 amide bonds. The average molecular weight is 210 g/mol. The molecule has 2 heteroatoms. The molecule has 0 radical (unpaired) electrons. The van der Waals surface area contributed by atoms with Gasteiger partial charge in [0.15, 0.2) is 0 Å². The number of fused-ring (bicyclic) bond motifs is 2. The van der Waals surface area contributed by atoms with Crippen molar-refractivity contribution in [3.8, 4) is 0 Å². The molecule has 0 unspecified atom stereocenters. The standard InChI is InChI=1S/C13H22O2/c1-10(2)8-12-4-6-13(9-12,7-5-12)11(14)15-3/h10H,4-9H2,1-3H3.